The number of halogens is 4. The molecule has 0 atom stereocenters. The van der Waals surface area contributed by atoms with Gasteiger partial charge in [-0.25, -0.2) is 13.8 Å². The molecule has 0 spiro atoms. The Hall–Kier alpha value is -2.51. The number of amides is 1. The van der Waals surface area contributed by atoms with Crippen LogP contribution in [-0.4, -0.2) is 15.5 Å². The zero-order valence-corrected chi connectivity index (χ0v) is 13.9. The first-order chi connectivity index (χ1) is 11.8. The van der Waals surface area contributed by atoms with Crippen molar-refractivity contribution in [1.29, 1.82) is 0 Å². The molecule has 1 heterocycles. The van der Waals surface area contributed by atoms with E-state index in [4.69, 9.17) is 23.2 Å². The van der Waals surface area contributed by atoms with Gasteiger partial charge < -0.3 is 5.32 Å². The summed E-state index contributed by atoms with van der Waals surface area (Å²) in [5, 5.41) is 2.89. The molecule has 128 valence electrons. The number of hydrogen-bond acceptors (Lipinski definition) is 3. The second-order valence-electron chi connectivity index (χ2n) is 5.13. The van der Waals surface area contributed by atoms with Gasteiger partial charge in [-0.05, 0) is 24.3 Å². The van der Waals surface area contributed by atoms with Crippen LogP contribution in [0.4, 0.5) is 14.5 Å². The second kappa shape index (κ2) is 6.78. The van der Waals surface area contributed by atoms with E-state index in [1.807, 2.05) is 0 Å². The molecule has 1 N–H and O–H groups in total. The lowest BCUT2D eigenvalue weighted by Gasteiger charge is -2.09. The van der Waals surface area contributed by atoms with Crippen LogP contribution < -0.4 is 10.9 Å². The highest BCUT2D eigenvalue weighted by molar-refractivity contribution is 6.38. The summed E-state index contributed by atoms with van der Waals surface area (Å²) < 4.78 is 27.5. The first-order valence-electron chi connectivity index (χ1n) is 6.94. The van der Waals surface area contributed by atoms with Crippen molar-refractivity contribution >= 4 is 45.7 Å². The molecule has 1 amide bonds. The number of nitrogens with zero attached hydrogens (tertiary/aromatic N) is 2. The van der Waals surface area contributed by atoms with Crippen LogP contribution in [0.25, 0.3) is 10.9 Å². The van der Waals surface area contributed by atoms with Gasteiger partial charge in [0.2, 0.25) is 5.91 Å². The van der Waals surface area contributed by atoms with Gasteiger partial charge in [-0.3, -0.25) is 14.2 Å². The lowest BCUT2D eigenvalue weighted by molar-refractivity contribution is -0.116. The summed E-state index contributed by atoms with van der Waals surface area (Å²) >= 11 is 11.9. The van der Waals surface area contributed by atoms with Crippen molar-refractivity contribution in [1.82, 2.24) is 9.55 Å². The minimum Gasteiger partial charge on any atom is -0.322 e. The van der Waals surface area contributed by atoms with Crippen LogP contribution in [-0.2, 0) is 11.3 Å². The van der Waals surface area contributed by atoms with Crippen LogP contribution in [0, 0.1) is 11.6 Å². The highest BCUT2D eigenvalue weighted by atomic mass is 35.5. The van der Waals surface area contributed by atoms with Gasteiger partial charge >= 0.3 is 0 Å². The van der Waals surface area contributed by atoms with Crippen molar-refractivity contribution < 1.29 is 13.6 Å². The van der Waals surface area contributed by atoms with Gasteiger partial charge in [0.05, 0.1) is 27.9 Å². The molecule has 25 heavy (non-hydrogen) atoms. The Kier molecular flexibility index (Phi) is 4.69. The van der Waals surface area contributed by atoms with Gasteiger partial charge in [-0.2, -0.15) is 0 Å². The molecule has 0 saturated heterocycles. The first-order valence-corrected chi connectivity index (χ1v) is 7.70. The van der Waals surface area contributed by atoms with Crippen molar-refractivity contribution in [3.05, 3.63) is 68.7 Å². The molecule has 1 aromatic heterocycles. The van der Waals surface area contributed by atoms with E-state index in [-0.39, 0.29) is 26.6 Å². The maximum atomic E-state index is 13.6. The largest absolute Gasteiger partial charge is 0.322 e. The molecule has 9 heteroatoms. The van der Waals surface area contributed by atoms with E-state index in [0.29, 0.717) is 6.07 Å². The third-order valence-electron chi connectivity index (χ3n) is 3.36. The number of fused-ring (bicyclic) bond motifs is 1. The molecular weight excluding hydrogens is 375 g/mol. The minimum absolute atomic E-state index is 0.153. The summed E-state index contributed by atoms with van der Waals surface area (Å²) in [7, 11) is 0. The normalized spacial score (nSPS) is 10.9. The van der Waals surface area contributed by atoms with E-state index < -0.39 is 29.6 Å². The molecule has 0 aliphatic carbocycles. The summed E-state index contributed by atoms with van der Waals surface area (Å²) in [6.45, 7) is -0.414. The van der Waals surface area contributed by atoms with Crippen LogP contribution in [0.15, 0.2) is 41.5 Å². The van der Waals surface area contributed by atoms with E-state index in [0.717, 1.165) is 23.0 Å². The first kappa shape index (κ1) is 17.3. The number of carbonyl (C=O) groups is 1. The number of benzene rings is 2. The Morgan fingerprint density at radius 2 is 1.96 bits per heavy atom. The Morgan fingerprint density at radius 1 is 1.20 bits per heavy atom. The van der Waals surface area contributed by atoms with Gasteiger partial charge in [0, 0.05) is 11.1 Å². The van der Waals surface area contributed by atoms with E-state index in [9.17, 15) is 18.4 Å². The number of nitrogens with one attached hydrogen (secondary N) is 1. The van der Waals surface area contributed by atoms with Gasteiger partial charge in [-0.15, -0.1) is 0 Å². The van der Waals surface area contributed by atoms with Gasteiger partial charge in [0.1, 0.15) is 18.2 Å². The molecule has 0 bridgehead atoms. The fourth-order valence-corrected chi connectivity index (χ4v) is 2.78. The Balaban J connectivity index is 1.89. The van der Waals surface area contributed by atoms with Crippen molar-refractivity contribution in [2.75, 3.05) is 5.32 Å². The highest BCUT2D eigenvalue weighted by Crippen LogP contribution is 2.24. The molecule has 2 aromatic carbocycles. The fourth-order valence-electron chi connectivity index (χ4n) is 2.24. The fraction of sp³-hybridized carbons (Fsp3) is 0.0625. The predicted molar refractivity (Wildman–Crippen MR) is 91.0 cm³/mol. The summed E-state index contributed by atoms with van der Waals surface area (Å²) in [6, 6.07) is 5.58. The molecule has 3 rings (SSSR count). The SMILES string of the molecule is O=C(Cn1cnc2c(Cl)cc(Cl)cc2c1=O)Nc1ccc(F)cc1F. The third kappa shape index (κ3) is 3.62. The van der Waals surface area contributed by atoms with Crippen LogP contribution in [0.3, 0.4) is 0 Å². The molecule has 0 unspecified atom stereocenters. The highest BCUT2D eigenvalue weighted by Gasteiger charge is 2.13. The molecule has 0 fully saturated rings. The van der Waals surface area contributed by atoms with E-state index in [1.165, 1.54) is 12.1 Å². The quantitative estimate of drug-likeness (QED) is 0.750. The smallest absolute Gasteiger partial charge is 0.261 e. The summed E-state index contributed by atoms with van der Waals surface area (Å²) in [4.78, 5) is 28.5. The van der Waals surface area contributed by atoms with Crippen LogP contribution in [0.2, 0.25) is 10.0 Å². The monoisotopic (exact) mass is 383 g/mol. The number of anilines is 1. The molecule has 0 saturated carbocycles. The average Bonchev–Trinajstić information content (AvgIpc) is 2.53. The topological polar surface area (TPSA) is 64.0 Å². The van der Waals surface area contributed by atoms with Gasteiger partial charge in [0.25, 0.3) is 5.56 Å². The van der Waals surface area contributed by atoms with Crippen molar-refractivity contribution in [3.63, 3.8) is 0 Å². The number of hydrogen-bond donors (Lipinski definition) is 1. The standard InChI is InChI=1S/C16H9Cl2F2N3O2/c17-8-3-10-15(11(18)4-8)21-7-23(16(10)25)6-14(24)22-13-2-1-9(19)5-12(13)20/h1-5,7H,6H2,(H,22,24). The van der Waals surface area contributed by atoms with E-state index in [2.05, 4.69) is 10.3 Å². The maximum Gasteiger partial charge on any atom is 0.261 e. The summed E-state index contributed by atoms with van der Waals surface area (Å²) in [6.07, 6.45) is 1.16. The number of carbonyl (C=O) groups excluding carboxylic acids is 1. The lowest BCUT2D eigenvalue weighted by atomic mass is 10.2. The number of aromatic nitrogens is 2. The Morgan fingerprint density at radius 3 is 2.68 bits per heavy atom. The van der Waals surface area contributed by atoms with Crippen molar-refractivity contribution in [3.8, 4) is 0 Å². The third-order valence-corrected chi connectivity index (χ3v) is 3.87. The van der Waals surface area contributed by atoms with Crippen molar-refractivity contribution in [2.45, 2.75) is 6.54 Å². The van der Waals surface area contributed by atoms with E-state index >= 15 is 0 Å². The van der Waals surface area contributed by atoms with Crippen LogP contribution >= 0.6 is 23.2 Å². The van der Waals surface area contributed by atoms with Crippen LogP contribution in [0.5, 0.6) is 0 Å². The van der Waals surface area contributed by atoms with E-state index in [1.54, 1.807) is 0 Å². The maximum absolute atomic E-state index is 13.6. The molecule has 3 aromatic rings. The molecule has 5 nitrogen and oxygen atoms in total. The minimum atomic E-state index is -0.920. The molecular formula is C16H9Cl2F2N3O2. The molecule has 0 radical (unpaired) electrons. The zero-order valence-electron chi connectivity index (χ0n) is 12.4. The summed E-state index contributed by atoms with van der Waals surface area (Å²) in [5.74, 6) is -2.36. The Labute approximate surface area is 149 Å². The van der Waals surface area contributed by atoms with Gasteiger partial charge in [-0.1, -0.05) is 23.2 Å². The predicted octanol–water partition coefficient (Wildman–Crippen LogP) is 3.62. The van der Waals surface area contributed by atoms with Gasteiger partial charge in [0.15, 0.2) is 0 Å². The summed E-state index contributed by atoms with van der Waals surface area (Å²) in [5.41, 5.74) is -0.458. The second-order valence-corrected chi connectivity index (χ2v) is 5.98. The van der Waals surface area contributed by atoms with Crippen molar-refractivity contribution in [2.24, 2.45) is 0 Å². The Bertz CT molecular complexity index is 1050. The number of rotatable bonds is 3. The molecule has 0 aliphatic rings. The lowest BCUT2D eigenvalue weighted by Crippen LogP contribution is -2.28. The zero-order chi connectivity index (χ0) is 18.1. The van der Waals surface area contributed by atoms with Crippen LogP contribution in [0.1, 0.15) is 0 Å². The molecule has 0 aliphatic heterocycles. The average molecular weight is 384 g/mol.